The van der Waals surface area contributed by atoms with Gasteiger partial charge in [-0.05, 0) is 34.4 Å². The molecule has 0 atom stereocenters. The first kappa shape index (κ1) is 16.2. The molecule has 0 amide bonds. The van der Waals surface area contributed by atoms with Gasteiger partial charge in [-0.2, -0.15) is 5.10 Å². The monoisotopic (exact) mass is 354 g/mol. The van der Waals surface area contributed by atoms with Crippen molar-refractivity contribution in [1.82, 2.24) is 14.9 Å². The third-order valence-electron chi connectivity index (χ3n) is 5.50. The van der Waals surface area contributed by atoms with E-state index in [1.54, 1.807) is 6.20 Å². The van der Waals surface area contributed by atoms with Crippen molar-refractivity contribution in [3.05, 3.63) is 89.7 Å². The van der Waals surface area contributed by atoms with E-state index >= 15 is 0 Å². The molecule has 1 saturated heterocycles. The summed E-state index contributed by atoms with van der Waals surface area (Å²) in [5, 5.41) is 6.77. The van der Waals surface area contributed by atoms with Gasteiger partial charge >= 0.3 is 0 Å². The number of piperazine rings is 1. The molecule has 3 aromatic rings. The van der Waals surface area contributed by atoms with Gasteiger partial charge in [-0.1, -0.05) is 54.6 Å². The second kappa shape index (κ2) is 6.97. The Morgan fingerprint density at radius 2 is 1.41 bits per heavy atom. The average Bonchev–Trinajstić information content (AvgIpc) is 3.08. The van der Waals surface area contributed by atoms with Gasteiger partial charge < -0.3 is 0 Å². The summed E-state index contributed by atoms with van der Waals surface area (Å²) in [6, 6.07) is 23.9. The first-order valence-electron chi connectivity index (χ1n) is 9.52. The van der Waals surface area contributed by atoms with Crippen LogP contribution in [-0.4, -0.2) is 47.3 Å². The second-order valence-corrected chi connectivity index (χ2v) is 7.07. The molecule has 4 heteroatoms. The quantitative estimate of drug-likeness (QED) is 0.671. The molecule has 1 aliphatic heterocycles. The Balaban J connectivity index is 1.33. The highest BCUT2D eigenvalue weighted by Crippen LogP contribution is 2.46. The van der Waals surface area contributed by atoms with Crippen molar-refractivity contribution in [2.24, 2.45) is 5.10 Å². The van der Waals surface area contributed by atoms with E-state index in [2.05, 4.69) is 68.5 Å². The molecule has 4 nitrogen and oxygen atoms in total. The lowest BCUT2D eigenvalue weighted by molar-refractivity contribution is 0.114. The zero-order valence-electron chi connectivity index (χ0n) is 15.2. The van der Waals surface area contributed by atoms with Gasteiger partial charge in [0.25, 0.3) is 0 Å². The second-order valence-electron chi connectivity index (χ2n) is 7.07. The van der Waals surface area contributed by atoms with Crippen LogP contribution in [0.15, 0.2) is 78.0 Å². The Morgan fingerprint density at radius 3 is 2.04 bits per heavy atom. The Bertz CT molecular complexity index is 913. The summed E-state index contributed by atoms with van der Waals surface area (Å²) >= 11 is 0. The Morgan fingerprint density at radius 1 is 0.778 bits per heavy atom. The van der Waals surface area contributed by atoms with Crippen molar-refractivity contribution in [2.75, 3.05) is 26.2 Å². The highest BCUT2D eigenvalue weighted by molar-refractivity contribution is 5.78. The van der Waals surface area contributed by atoms with Gasteiger partial charge in [-0.15, -0.1) is 0 Å². The molecule has 1 aliphatic carbocycles. The summed E-state index contributed by atoms with van der Waals surface area (Å²) in [5.41, 5.74) is 6.54. The van der Waals surface area contributed by atoms with E-state index in [-0.39, 0.29) is 0 Å². The molecule has 1 aromatic heterocycles. The molecule has 2 aromatic carbocycles. The third-order valence-corrected chi connectivity index (χ3v) is 5.50. The molecule has 134 valence electrons. The Hall–Kier alpha value is -2.98. The van der Waals surface area contributed by atoms with Gasteiger partial charge in [0.15, 0.2) is 0 Å². The van der Waals surface area contributed by atoms with Crippen molar-refractivity contribution in [2.45, 2.75) is 6.04 Å². The van der Waals surface area contributed by atoms with Crippen LogP contribution < -0.4 is 0 Å². The van der Waals surface area contributed by atoms with Gasteiger partial charge in [-0.25, -0.2) is 0 Å². The van der Waals surface area contributed by atoms with Gasteiger partial charge in [0, 0.05) is 32.4 Å². The van der Waals surface area contributed by atoms with Crippen LogP contribution >= 0.6 is 0 Å². The predicted octanol–water partition coefficient (Wildman–Crippen LogP) is 3.80. The molecular weight excluding hydrogens is 332 g/mol. The topological polar surface area (TPSA) is 31.7 Å². The van der Waals surface area contributed by atoms with Crippen LogP contribution in [0, 0.1) is 0 Å². The van der Waals surface area contributed by atoms with Gasteiger partial charge in [0.05, 0.1) is 18.0 Å². The van der Waals surface area contributed by atoms with Crippen LogP contribution in [0.2, 0.25) is 0 Å². The van der Waals surface area contributed by atoms with Crippen molar-refractivity contribution in [3.63, 3.8) is 0 Å². The zero-order chi connectivity index (χ0) is 18.1. The molecule has 1 fully saturated rings. The lowest BCUT2D eigenvalue weighted by Crippen LogP contribution is -2.45. The number of fused-ring (bicyclic) bond motifs is 3. The van der Waals surface area contributed by atoms with E-state index < -0.39 is 0 Å². The number of hydrogen-bond donors (Lipinski definition) is 0. The summed E-state index contributed by atoms with van der Waals surface area (Å²) in [6.45, 7) is 3.88. The van der Waals surface area contributed by atoms with E-state index in [4.69, 9.17) is 0 Å². The summed E-state index contributed by atoms with van der Waals surface area (Å²) in [5.74, 6) is 0. The fourth-order valence-electron chi connectivity index (χ4n) is 4.20. The van der Waals surface area contributed by atoms with E-state index in [0.29, 0.717) is 6.04 Å². The Labute approximate surface area is 159 Å². The van der Waals surface area contributed by atoms with E-state index in [9.17, 15) is 0 Å². The van der Waals surface area contributed by atoms with E-state index in [1.165, 1.54) is 22.3 Å². The number of nitrogens with zero attached hydrogens (tertiary/aromatic N) is 4. The maximum Gasteiger partial charge on any atom is 0.0830 e. The van der Waals surface area contributed by atoms with Gasteiger partial charge in [-0.3, -0.25) is 14.9 Å². The minimum absolute atomic E-state index is 0.360. The summed E-state index contributed by atoms with van der Waals surface area (Å²) < 4.78 is 0. The molecule has 0 bridgehead atoms. The van der Waals surface area contributed by atoms with Crippen LogP contribution in [0.1, 0.15) is 22.9 Å². The van der Waals surface area contributed by atoms with Crippen LogP contribution in [0.25, 0.3) is 11.1 Å². The lowest BCUT2D eigenvalue weighted by Gasteiger charge is -2.37. The van der Waals surface area contributed by atoms with Crippen LogP contribution in [-0.2, 0) is 0 Å². The molecule has 0 saturated carbocycles. The Kier molecular flexibility index (Phi) is 4.18. The summed E-state index contributed by atoms with van der Waals surface area (Å²) in [6.07, 6.45) is 3.66. The first-order valence-corrected chi connectivity index (χ1v) is 9.52. The largest absolute Gasteiger partial charge is 0.294 e. The molecule has 2 heterocycles. The smallest absolute Gasteiger partial charge is 0.0830 e. The predicted molar refractivity (Wildman–Crippen MR) is 109 cm³/mol. The molecule has 2 aliphatic rings. The molecule has 5 rings (SSSR count). The van der Waals surface area contributed by atoms with Crippen LogP contribution in [0.4, 0.5) is 0 Å². The lowest BCUT2D eigenvalue weighted by atomic mass is 10.0. The van der Waals surface area contributed by atoms with Gasteiger partial charge in [0.2, 0.25) is 0 Å². The normalized spacial score (nSPS) is 17.3. The fraction of sp³-hybridized carbons (Fsp3) is 0.217. The van der Waals surface area contributed by atoms with Crippen molar-refractivity contribution in [1.29, 1.82) is 0 Å². The fourth-order valence-corrected chi connectivity index (χ4v) is 4.20. The number of hydrogen-bond acceptors (Lipinski definition) is 4. The van der Waals surface area contributed by atoms with E-state index in [1.807, 2.05) is 24.4 Å². The number of aromatic nitrogens is 1. The standard InChI is InChI=1S/C23H22N4/c1-3-10-21-19(8-1)20-9-2-4-11-22(20)23(21)26-13-15-27(16-14-26)25-17-18-7-5-6-12-24-18/h1-12,17,23H,13-16H2/b25-17-. The van der Waals surface area contributed by atoms with Crippen molar-refractivity contribution >= 4 is 6.21 Å². The maximum atomic E-state index is 4.62. The summed E-state index contributed by atoms with van der Waals surface area (Å²) in [4.78, 5) is 6.90. The van der Waals surface area contributed by atoms with Crippen molar-refractivity contribution < 1.29 is 0 Å². The molecule has 0 spiro atoms. The minimum Gasteiger partial charge on any atom is -0.294 e. The number of hydrazone groups is 1. The molecular formula is C23H22N4. The number of benzene rings is 2. The van der Waals surface area contributed by atoms with E-state index in [0.717, 1.165) is 31.9 Å². The molecule has 0 unspecified atom stereocenters. The SMILES string of the molecule is C(=N/N1CCN(C2c3ccccc3-c3ccccc32)CC1)/c1ccccn1. The van der Waals surface area contributed by atoms with Gasteiger partial charge in [0.1, 0.15) is 0 Å². The minimum atomic E-state index is 0.360. The third kappa shape index (κ3) is 3.02. The summed E-state index contributed by atoms with van der Waals surface area (Å²) in [7, 11) is 0. The molecule has 0 radical (unpaired) electrons. The number of rotatable bonds is 3. The van der Waals surface area contributed by atoms with Crippen molar-refractivity contribution in [3.8, 4) is 11.1 Å². The molecule has 27 heavy (non-hydrogen) atoms. The van der Waals surface area contributed by atoms with Crippen LogP contribution in [0.5, 0.6) is 0 Å². The highest BCUT2D eigenvalue weighted by atomic mass is 15.5. The average molecular weight is 354 g/mol. The number of pyridine rings is 1. The molecule has 0 N–H and O–H groups in total. The van der Waals surface area contributed by atoms with Crippen LogP contribution in [0.3, 0.4) is 0 Å². The highest BCUT2D eigenvalue weighted by Gasteiger charge is 2.33. The maximum absolute atomic E-state index is 4.62. The zero-order valence-corrected chi connectivity index (χ0v) is 15.2. The first-order chi connectivity index (χ1) is 13.4.